The predicted octanol–water partition coefficient (Wildman–Crippen LogP) is 4.29. The van der Waals surface area contributed by atoms with Crippen molar-refractivity contribution in [1.29, 1.82) is 0 Å². The molecule has 0 fully saturated rings. The molecule has 0 aliphatic carbocycles. The van der Waals surface area contributed by atoms with Crippen molar-refractivity contribution in [2.24, 2.45) is 5.92 Å². The summed E-state index contributed by atoms with van der Waals surface area (Å²) in [6.45, 7) is 8.61. The molecule has 0 bridgehead atoms. The van der Waals surface area contributed by atoms with Crippen LogP contribution in [0, 0.1) is 5.92 Å². The lowest BCUT2D eigenvalue weighted by atomic mass is 10.0. The van der Waals surface area contributed by atoms with Gasteiger partial charge in [-0.15, -0.1) is 11.3 Å². The number of fused-ring (bicyclic) bond motifs is 1. The Morgan fingerprint density at radius 1 is 1.30 bits per heavy atom. The van der Waals surface area contributed by atoms with Crippen LogP contribution >= 0.6 is 23.1 Å². The Balaban J connectivity index is 1.90. The molecule has 1 atom stereocenters. The standard InChI is InChI=1S/C17H25N3OS2/c1-5-13-8-14-16(18-10-19-17(14)23-13)22-9-15(21)20-12(4)7-6-11(2)3/h8,10-12H,5-7,9H2,1-4H3,(H,20,21)/t12-/m0/s1. The van der Waals surface area contributed by atoms with Crippen molar-refractivity contribution in [2.45, 2.75) is 58.0 Å². The fraction of sp³-hybridized carbons (Fsp3) is 0.588. The first-order valence-electron chi connectivity index (χ1n) is 8.15. The Morgan fingerprint density at radius 3 is 2.78 bits per heavy atom. The number of nitrogens with zero attached hydrogens (tertiary/aromatic N) is 2. The third-order valence-corrected chi connectivity index (χ3v) is 5.81. The Hall–Kier alpha value is -1.14. The zero-order chi connectivity index (χ0) is 16.8. The topological polar surface area (TPSA) is 54.9 Å². The van der Waals surface area contributed by atoms with Crippen molar-refractivity contribution in [3.8, 4) is 0 Å². The van der Waals surface area contributed by atoms with E-state index in [4.69, 9.17) is 0 Å². The number of nitrogens with one attached hydrogen (secondary N) is 1. The van der Waals surface area contributed by atoms with Gasteiger partial charge in [0.05, 0.1) is 5.75 Å². The number of carbonyl (C=O) groups excluding carboxylic acids is 1. The third-order valence-electron chi connectivity index (χ3n) is 3.62. The van der Waals surface area contributed by atoms with Crippen LogP contribution in [0.1, 0.15) is 45.4 Å². The van der Waals surface area contributed by atoms with Gasteiger partial charge < -0.3 is 5.32 Å². The van der Waals surface area contributed by atoms with Crippen LogP contribution in [0.2, 0.25) is 0 Å². The van der Waals surface area contributed by atoms with Crippen LogP contribution < -0.4 is 5.32 Å². The molecule has 23 heavy (non-hydrogen) atoms. The number of amides is 1. The lowest BCUT2D eigenvalue weighted by molar-refractivity contribution is -0.119. The van der Waals surface area contributed by atoms with E-state index in [1.807, 2.05) is 0 Å². The highest BCUT2D eigenvalue weighted by atomic mass is 32.2. The Kier molecular flexibility index (Phi) is 6.84. The Morgan fingerprint density at radius 2 is 2.09 bits per heavy atom. The summed E-state index contributed by atoms with van der Waals surface area (Å²) in [7, 11) is 0. The van der Waals surface area contributed by atoms with Gasteiger partial charge in [0.2, 0.25) is 5.91 Å². The van der Waals surface area contributed by atoms with Crippen LogP contribution in [0.25, 0.3) is 10.2 Å². The largest absolute Gasteiger partial charge is 0.353 e. The molecular formula is C17H25N3OS2. The highest BCUT2D eigenvalue weighted by Crippen LogP contribution is 2.30. The number of hydrogen-bond acceptors (Lipinski definition) is 5. The van der Waals surface area contributed by atoms with Crippen LogP contribution in [0.3, 0.4) is 0 Å². The minimum Gasteiger partial charge on any atom is -0.353 e. The van der Waals surface area contributed by atoms with E-state index in [9.17, 15) is 4.79 Å². The van der Waals surface area contributed by atoms with Gasteiger partial charge in [-0.1, -0.05) is 32.5 Å². The van der Waals surface area contributed by atoms with Crippen molar-refractivity contribution in [3.05, 3.63) is 17.3 Å². The molecule has 1 N–H and O–H groups in total. The minimum absolute atomic E-state index is 0.0731. The average Bonchev–Trinajstić information content (AvgIpc) is 2.94. The van der Waals surface area contributed by atoms with Crippen molar-refractivity contribution in [2.75, 3.05) is 5.75 Å². The van der Waals surface area contributed by atoms with Gasteiger partial charge in [0.25, 0.3) is 0 Å². The maximum Gasteiger partial charge on any atom is 0.230 e. The van der Waals surface area contributed by atoms with Crippen LogP contribution in [0.15, 0.2) is 17.4 Å². The van der Waals surface area contributed by atoms with Crippen LogP contribution in [0.5, 0.6) is 0 Å². The van der Waals surface area contributed by atoms with Gasteiger partial charge in [0.1, 0.15) is 16.2 Å². The molecule has 0 aromatic carbocycles. The summed E-state index contributed by atoms with van der Waals surface area (Å²) in [5.74, 6) is 1.14. The van der Waals surface area contributed by atoms with E-state index in [0.29, 0.717) is 11.7 Å². The number of hydrogen-bond donors (Lipinski definition) is 1. The molecule has 0 saturated carbocycles. The molecule has 126 valence electrons. The summed E-state index contributed by atoms with van der Waals surface area (Å²) < 4.78 is 0. The summed E-state index contributed by atoms with van der Waals surface area (Å²) >= 11 is 3.19. The smallest absolute Gasteiger partial charge is 0.230 e. The Labute approximate surface area is 146 Å². The molecule has 0 radical (unpaired) electrons. The molecule has 2 heterocycles. The van der Waals surface area contributed by atoms with E-state index in [2.05, 4.69) is 49.0 Å². The maximum absolute atomic E-state index is 12.1. The molecule has 0 aliphatic heterocycles. The van der Waals surface area contributed by atoms with E-state index >= 15 is 0 Å². The molecule has 1 amide bonds. The van der Waals surface area contributed by atoms with E-state index in [1.165, 1.54) is 16.6 Å². The van der Waals surface area contributed by atoms with Gasteiger partial charge in [-0.2, -0.15) is 0 Å². The van der Waals surface area contributed by atoms with Crippen molar-refractivity contribution in [1.82, 2.24) is 15.3 Å². The fourth-order valence-electron chi connectivity index (χ4n) is 2.28. The number of thioether (sulfide) groups is 1. The third kappa shape index (κ3) is 5.46. The van der Waals surface area contributed by atoms with Gasteiger partial charge in [-0.3, -0.25) is 4.79 Å². The van der Waals surface area contributed by atoms with Crippen molar-refractivity contribution < 1.29 is 4.79 Å². The van der Waals surface area contributed by atoms with Crippen LogP contribution in [0.4, 0.5) is 0 Å². The van der Waals surface area contributed by atoms with Gasteiger partial charge in [0, 0.05) is 16.3 Å². The molecular weight excluding hydrogens is 326 g/mol. The van der Waals surface area contributed by atoms with Crippen molar-refractivity contribution in [3.63, 3.8) is 0 Å². The van der Waals surface area contributed by atoms with Crippen LogP contribution in [-0.4, -0.2) is 27.7 Å². The zero-order valence-corrected chi connectivity index (χ0v) is 15.9. The van der Waals surface area contributed by atoms with Crippen molar-refractivity contribution >= 4 is 39.2 Å². The first kappa shape index (κ1) is 18.2. The molecule has 0 saturated heterocycles. The van der Waals surface area contributed by atoms with Gasteiger partial charge >= 0.3 is 0 Å². The minimum atomic E-state index is 0.0731. The monoisotopic (exact) mass is 351 g/mol. The van der Waals surface area contributed by atoms with Gasteiger partial charge in [-0.05, 0) is 38.2 Å². The molecule has 6 heteroatoms. The summed E-state index contributed by atoms with van der Waals surface area (Å²) in [5, 5.41) is 5.04. The summed E-state index contributed by atoms with van der Waals surface area (Å²) in [4.78, 5) is 23.1. The summed E-state index contributed by atoms with van der Waals surface area (Å²) in [6, 6.07) is 2.37. The second-order valence-electron chi connectivity index (χ2n) is 6.19. The molecule has 0 spiro atoms. The predicted molar refractivity (Wildman–Crippen MR) is 99.2 cm³/mol. The second-order valence-corrected chi connectivity index (χ2v) is 8.27. The molecule has 0 unspecified atom stereocenters. The molecule has 0 aliphatic rings. The first-order valence-corrected chi connectivity index (χ1v) is 9.95. The quantitative estimate of drug-likeness (QED) is 0.569. The van der Waals surface area contributed by atoms with E-state index < -0.39 is 0 Å². The zero-order valence-electron chi connectivity index (χ0n) is 14.3. The number of aromatic nitrogens is 2. The molecule has 2 aromatic heterocycles. The fourth-order valence-corrected chi connectivity index (χ4v) is 4.06. The number of carbonyl (C=O) groups is 1. The number of thiophene rings is 1. The highest BCUT2D eigenvalue weighted by Gasteiger charge is 2.12. The van der Waals surface area contributed by atoms with E-state index in [0.717, 1.165) is 34.5 Å². The maximum atomic E-state index is 12.1. The summed E-state index contributed by atoms with van der Waals surface area (Å²) in [6.07, 6.45) is 4.74. The Bertz CT molecular complexity index is 654. The normalized spacial score (nSPS) is 12.7. The molecule has 2 rings (SSSR count). The lowest BCUT2D eigenvalue weighted by Gasteiger charge is -2.14. The number of aryl methyl sites for hydroxylation is 1. The SMILES string of the molecule is CCc1cc2c(SCC(=O)N[C@@H](C)CCC(C)C)ncnc2s1. The van der Waals surface area contributed by atoms with E-state index in [-0.39, 0.29) is 11.9 Å². The lowest BCUT2D eigenvalue weighted by Crippen LogP contribution is -2.34. The second kappa shape index (κ2) is 8.64. The van der Waals surface area contributed by atoms with Gasteiger partial charge in [-0.25, -0.2) is 9.97 Å². The number of rotatable bonds is 8. The molecule has 4 nitrogen and oxygen atoms in total. The summed E-state index contributed by atoms with van der Waals surface area (Å²) in [5.41, 5.74) is 0. The highest BCUT2D eigenvalue weighted by molar-refractivity contribution is 8.00. The van der Waals surface area contributed by atoms with E-state index in [1.54, 1.807) is 17.7 Å². The van der Waals surface area contributed by atoms with Crippen LogP contribution in [-0.2, 0) is 11.2 Å². The molecule has 2 aromatic rings. The average molecular weight is 352 g/mol. The van der Waals surface area contributed by atoms with Gasteiger partial charge in [0.15, 0.2) is 0 Å². The first-order chi connectivity index (χ1) is 11.0.